The van der Waals surface area contributed by atoms with Crippen molar-refractivity contribution in [3.63, 3.8) is 0 Å². The quantitative estimate of drug-likeness (QED) is 0.820. The van der Waals surface area contributed by atoms with Gasteiger partial charge in [-0.3, -0.25) is 0 Å². The number of hydrogen-bond acceptors (Lipinski definition) is 2. The van der Waals surface area contributed by atoms with E-state index in [-0.39, 0.29) is 5.41 Å². The van der Waals surface area contributed by atoms with E-state index >= 15 is 0 Å². The van der Waals surface area contributed by atoms with Crippen LogP contribution in [0.3, 0.4) is 0 Å². The molecule has 0 aromatic heterocycles. The molecule has 0 unspecified atom stereocenters. The Bertz CT molecular complexity index is 410. The molecule has 94 valence electrons. The van der Waals surface area contributed by atoms with Gasteiger partial charge in [-0.1, -0.05) is 36.7 Å². The molecule has 0 aliphatic carbocycles. The summed E-state index contributed by atoms with van der Waals surface area (Å²) in [5, 5.41) is 9.09. The van der Waals surface area contributed by atoms with E-state index in [1.165, 1.54) is 0 Å². The first kappa shape index (κ1) is 14.6. The minimum atomic E-state index is -0.865. The van der Waals surface area contributed by atoms with Crippen LogP contribution >= 0.6 is 27.7 Å². The zero-order valence-electron chi connectivity index (χ0n) is 10.3. The normalized spacial score (nSPS) is 11.5. The predicted molar refractivity (Wildman–Crippen MR) is 75.9 cm³/mol. The summed E-state index contributed by atoms with van der Waals surface area (Å²) >= 11 is 4.98. The van der Waals surface area contributed by atoms with Crippen molar-refractivity contribution in [2.45, 2.75) is 32.1 Å². The lowest BCUT2D eigenvalue weighted by molar-refractivity contribution is 0.0693. The third kappa shape index (κ3) is 5.13. The number of carbonyl (C=O) groups is 1. The van der Waals surface area contributed by atoms with Crippen LogP contribution in [0.5, 0.6) is 0 Å². The zero-order chi connectivity index (χ0) is 13.1. The highest BCUT2D eigenvalue weighted by Crippen LogP contribution is 2.30. The van der Waals surface area contributed by atoms with Gasteiger partial charge in [0.05, 0.1) is 5.56 Å². The van der Waals surface area contributed by atoms with E-state index < -0.39 is 5.97 Å². The Morgan fingerprint density at radius 3 is 2.59 bits per heavy atom. The van der Waals surface area contributed by atoms with Gasteiger partial charge >= 0.3 is 5.97 Å². The van der Waals surface area contributed by atoms with Gasteiger partial charge in [0.1, 0.15) is 0 Å². The molecule has 4 heteroatoms. The number of thioether (sulfide) groups is 1. The van der Waals surface area contributed by atoms with Crippen LogP contribution in [0.2, 0.25) is 0 Å². The molecule has 0 atom stereocenters. The Morgan fingerprint density at radius 1 is 1.41 bits per heavy atom. The van der Waals surface area contributed by atoms with Crippen LogP contribution in [0, 0.1) is 5.41 Å². The third-order valence-corrected chi connectivity index (χ3v) is 3.83. The Balaban J connectivity index is 2.75. The molecule has 0 radical (unpaired) electrons. The van der Waals surface area contributed by atoms with E-state index in [1.54, 1.807) is 23.9 Å². The lowest BCUT2D eigenvalue weighted by atomic mass is 9.94. The molecule has 1 aromatic carbocycles. The van der Waals surface area contributed by atoms with Crippen LogP contribution < -0.4 is 0 Å². The number of benzene rings is 1. The van der Waals surface area contributed by atoms with Crippen molar-refractivity contribution in [3.05, 3.63) is 28.2 Å². The highest BCUT2D eigenvalue weighted by atomic mass is 79.9. The van der Waals surface area contributed by atoms with Gasteiger partial charge in [-0.2, -0.15) is 0 Å². The molecule has 1 N–H and O–H groups in total. The number of rotatable bonds is 4. The molecule has 1 aromatic rings. The molecule has 0 bridgehead atoms. The Morgan fingerprint density at radius 2 is 2.06 bits per heavy atom. The first-order valence-electron chi connectivity index (χ1n) is 5.45. The fraction of sp³-hybridized carbons (Fsp3) is 0.462. The molecule has 0 heterocycles. The maximum atomic E-state index is 11.1. The number of hydrogen-bond donors (Lipinski definition) is 1. The molecular formula is C13H17BrO2S. The van der Waals surface area contributed by atoms with Crippen molar-refractivity contribution >= 4 is 33.7 Å². The minimum Gasteiger partial charge on any atom is -0.478 e. The standard InChI is InChI=1S/C13H17BrO2S/c1-13(2,3)6-7-17-11-8-9(14)4-5-10(11)12(15)16/h4-5,8H,6-7H2,1-3H3,(H,15,16). The first-order chi connectivity index (χ1) is 7.79. The van der Waals surface area contributed by atoms with Crippen molar-refractivity contribution in [2.24, 2.45) is 5.41 Å². The van der Waals surface area contributed by atoms with Crippen molar-refractivity contribution in [2.75, 3.05) is 5.75 Å². The van der Waals surface area contributed by atoms with Crippen LogP contribution in [-0.4, -0.2) is 16.8 Å². The topological polar surface area (TPSA) is 37.3 Å². The van der Waals surface area contributed by atoms with E-state index in [0.717, 1.165) is 21.5 Å². The molecule has 0 saturated heterocycles. The molecule has 0 spiro atoms. The second-order valence-electron chi connectivity index (χ2n) is 5.10. The molecule has 0 aliphatic heterocycles. The average molecular weight is 317 g/mol. The molecule has 17 heavy (non-hydrogen) atoms. The summed E-state index contributed by atoms with van der Waals surface area (Å²) in [5.41, 5.74) is 0.662. The van der Waals surface area contributed by atoms with Crippen LogP contribution in [0.25, 0.3) is 0 Å². The Hall–Kier alpha value is -0.480. The average Bonchev–Trinajstić information content (AvgIpc) is 2.15. The van der Waals surface area contributed by atoms with Crippen molar-refractivity contribution in [1.82, 2.24) is 0 Å². The third-order valence-electron chi connectivity index (χ3n) is 2.28. The second kappa shape index (κ2) is 5.91. The van der Waals surface area contributed by atoms with Gasteiger partial charge in [0.15, 0.2) is 0 Å². The molecule has 0 fully saturated rings. The van der Waals surface area contributed by atoms with Crippen LogP contribution in [0.15, 0.2) is 27.6 Å². The number of halogens is 1. The summed E-state index contributed by atoms with van der Waals surface area (Å²) < 4.78 is 0.917. The lowest BCUT2D eigenvalue weighted by Crippen LogP contribution is -2.06. The summed E-state index contributed by atoms with van der Waals surface area (Å²) in [6.45, 7) is 6.56. The highest BCUT2D eigenvalue weighted by Gasteiger charge is 2.13. The summed E-state index contributed by atoms with van der Waals surface area (Å²) in [7, 11) is 0. The molecule has 0 aliphatic rings. The maximum Gasteiger partial charge on any atom is 0.336 e. The number of carboxylic acid groups (broad SMARTS) is 1. The molecular weight excluding hydrogens is 300 g/mol. The molecule has 0 saturated carbocycles. The van der Waals surface area contributed by atoms with Gasteiger partial charge in [0.25, 0.3) is 0 Å². The van der Waals surface area contributed by atoms with E-state index in [2.05, 4.69) is 36.7 Å². The van der Waals surface area contributed by atoms with E-state index in [9.17, 15) is 4.79 Å². The van der Waals surface area contributed by atoms with Crippen molar-refractivity contribution in [1.29, 1.82) is 0 Å². The Labute approximate surface area is 115 Å². The van der Waals surface area contributed by atoms with Crippen molar-refractivity contribution < 1.29 is 9.90 Å². The summed E-state index contributed by atoms with van der Waals surface area (Å²) in [6.07, 6.45) is 1.06. The predicted octanol–water partition coefficient (Wildman–Crippen LogP) is 4.68. The molecule has 0 amide bonds. The zero-order valence-corrected chi connectivity index (χ0v) is 12.7. The van der Waals surface area contributed by atoms with Gasteiger partial charge in [0, 0.05) is 9.37 Å². The van der Waals surface area contributed by atoms with Crippen LogP contribution in [0.4, 0.5) is 0 Å². The summed E-state index contributed by atoms with van der Waals surface area (Å²) in [4.78, 5) is 11.9. The van der Waals surface area contributed by atoms with E-state index in [0.29, 0.717) is 5.56 Å². The SMILES string of the molecule is CC(C)(C)CCSc1cc(Br)ccc1C(=O)O. The Kier molecular flexibility index (Phi) is 5.07. The van der Waals surface area contributed by atoms with Crippen molar-refractivity contribution in [3.8, 4) is 0 Å². The van der Waals surface area contributed by atoms with E-state index in [4.69, 9.17) is 5.11 Å². The maximum absolute atomic E-state index is 11.1. The monoisotopic (exact) mass is 316 g/mol. The smallest absolute Gasteiger partial charge is 0.336 e. The van der Waals surface area contributed by atoms with Gasteiger partial charge in [-0.25, -0.2) is 4.79 Å². The second-order valence-corrected chi connectivity index (χ2v) is 7.16. The minimum absolute atomic E-state index is 0.280. The largest absolute Gasteiger partial charge is 0.478 e. The van der Waals surface area contributed by atoms with Crippen LogP contribution in [-0.2, 0) is 0 Å². The molecule has 1 rings (SSSR count). The van der Waals surface area contributed by atoms with Crippen LogP contribution in [0.1, 0.15) is 37.6 Å². The number of carboxylic acids is 1. The fourth-order valence-electron chi connectivity index (χ4n) is 1.26. The first-order valence-corrected chi connectivity index (χ1v) is 7.23. The number of aromatic carboxylic acids is 1. The van der Waals surface area contributed by atoms with Gasteiger partial charge in [-0.15, -0.1) is 11.8 Å². The van der Waals surface area contributed by atoms with Gasteiger partial charge in [0.2, 0.25) is 0 Å². The van der Waals surface area contributed by atoms with Gasteiger partial charge < -0.3 is 5.11 Å². The fourth-order valence-corrected chi connectivity index (χ4v) is 3.23. The molecule has 2 nitrogen and oxygen atoms in total. The van der Waals surface area contributed by atoms with Gasteiger partial charge in [-0.05, 0) is 35.8 Å². The lowest BCUT2D eigenvalue weighted by Gasteiger charge is -2.17. The van der Waals surface area contributed by atoms with E-state index in [1.807, 2.05) is 6.07 Å². The summed E-state index contributed by atoms with van der Waals surface area (Å²) in [5.74, 6) is 0.0657. The summed E-state index contributed by atoms with van der Waals surface area (Å²) in [6, 6.07) is 5.28. The highest BCUT2D eigenvalue weighted by molar-refractivity contribution is 9.10.